The molecule has 0 amide bonds. The Morgan fingerprint density at radius 1 is 1.05 bits per heavy atom. The van der Waals surface area contributed by atoms with Gasteiger partial charge in [0.2, 0.25) is 0 Å². The number of nitrogens with one attached hydrogen (secondary N) is 1. The van der Waals surface area contributed by atoms with Gasteiger partial charge in [-0.15, -0.1) is 0 Å². The summed E-state index contributed by atoms with van der Waals surface area (Å²) in [5.41, 5.74) is 7.53. The van der Waals surface area contributed by atoms with Crippen molar-refractivity contribution in [1.82, 2.24) is 5.48 Å². The van der Waals surface area contributed by atoms with Gasteiger partial charge < -0.3 is 0 Å². The minimum Gasteiger partial charge on any atom is -0.296 e. The Labute approximate surface area is 127 Å². The van der Waals surface area contributed by atoms with Crippen molar-refractivity contribution in [3.63, 3.8) is 0 Å². The van der Waals surface area contributed by atoms with Gasteiger partial charge in [-0.1, -0.05) is 68.4 Å². The fourth-order valence-electron chi connectivity index (χ4n) is 3.13. The molecular weight excluding hydrogens is 258 g/mol. The van der Waals surface area contributed by atoms with Crippen LogP contribution in [0.2, 0.25) is 0 Å². The van der Waals surface area contributed by atoms with Crippen LogP contribution in [0.1, 0.15) is 49.4 Å². The molecular formula is C19H23NO. The standard InChI is InChI=1S/C19H23NO/c1-19(2)13-12-18(16-10-6-7-11-17(16)19)20-21-14-15-8-4-3-5-9-15/h3-11,18,20H,12-14H2,1-2H3. The van der Waals surface area contributed by atoms with E-state index in [1.165, 1.54) is 23.1 Å². The van der Waals surface area contributed by atoms with Crippen LogP contribution in [-0.4, -0.2) is 0 Å². The first-order valence-corrected chi connectivity index (χ1v) is 7.67. The summed E-state index contributed by atoms with van der Waals surface area (Å²) >= 11 is 0. The quantitative estimate of drug-likeness (QED) is 0.832. The fourth-order valence-corrected chi connectivity index (χ4v) is 3.13. The van der Waals surface area contributed by atoms with Gasteiger partial charge in [-0.2, -0.15) is 5.48 Å². The van der Waals surface area contributed by atoms with E-state index in [0.717, 1.165) is 6.42 Å². The number of rotatable bonds is 4. The molecule has 0 saturated heterocycles. The average Bonchev–Trinajstić information content (AvgIpc) is 2.51. The van der Waals surface area contributed by atoms with Crippen molar-refractivity contribution >= 4 is 0 Å². The summed E-state index contributed by atoms with van der Waals surface area (Å²) in [5, 5.41) is 0. The molecule has 0 fully saturated rings. The molecule has 0 heterocycles. The van der Waals surface area contributed by atoms with Crippen molar-refractivity contribution in [2.45, 2.75) is 44.8 Å². The second kappa shape index (κ2) is 6.00. The van der Waals surface area contributed by atoms with E-state index in [9.17, 15) is 0 Å². The molecule has 2 aromatic carbocycles. The summed E-state index contributed by atoms with van der Waals surface area (Å²) in [5.74, 6) is 0. The van der Waals surface area contributed by atoms with E-state index in [2.05, 4.69) is 55.7 Å². The summed E-state index contributed by atoms with van der Waals surface area (Å²) in [4.78, 5) is 5.73. The lowest BCUT2D eigenvalue weighted by Gasteiger charge is -2.37. The zero-order valence-corrected chi connectivity index (χ0v) is 12.8. The van der Waals surface area contributed by atoms with Crippen LogP contribution in [0.3, 0.4) is 0 Å². The van der Waals surface area contributed by atoms with Gasteiger partial charge in [0.05, 0.1) is 12.6 Å². The zero-order chi connectivity index (χ0) is 14.7. The van der Waals surface area contributed by atoms with Crippen LogP contribution in [0, 0.1) is 0 Å². The zero-order valence-electron chi connectivity index (χ0n) is 12.8. The third-order valence-electron chi connectivity index (χ3n) is 4.43. The van der Waals surface area contributed by atoms with Crippen molar-refractivity contribution < 1.29 is 4.84 Å². The molecule has 0 saturated carbocycles. The minimum absolute atomic E-state index is 0.258. The maximum absolute atomic E-state index is 5.73. The third kappa shape index (κ3) is 3.17. The predicted molar refractivity (Wildman–Crippen MR) is 85.8 cm³/mol. The molecule has 1 aliphatic rings. The molecule has 1 aliphatic carbocycles. The number of fused-ring (bicyclic) bond motifs is 1. The van der Waals surface area contributed by atoms with Crippen LogP contribution in [0.15, 0.2) is 54.6 Å². The van der Waals surface area contributed by atoms with Gasteiger partial charge in [0.1, 0.15) is 0 Å². The van der Waals surface area contributed by atoms with Crippen molar-refractivity contribution in [2.24, 2.45) is 0 Å². The highest BCUT2D eigenvalue weighted by Crippen LogP contribution is 2.41. The van der Waals surface area contributed by atoms with Crippen LogP contribution in [0.5, 0.6) is 0 Å². The molecule has 0 aliphatic heterocycles. The molecule has 3 rings (SSSR count). The first-order chi connectivity index (χ1) is 10.2. The summed E-state index contributed by atoms with van der Waals surface area (Å²) in [6.45, 7) is 5.25. The van der Waals surface area contributed by atoms with E-state index >= 15 is 0 Å². The maximum atomic E-state index is 5.73. The topological polar surface area (TPSA) is 21.3 Å². The molecule has 2 heteroatoms. The second-order valence-corrected chi connectivity index (χ2v) is 6.45. The van der Waals surface area contributed by atoms with Crippen molar-refractivity contribution in [2.75, 3.05) is 0 Å². The van der Waals surface area contributed by atoms with Gasteiger partial charge in [-0.3, -0.25) is 4.84 Å². The van der Waals surface area contributed by atoms with Gasteiger partial charge in [-0.25, -0.2) is 0 Å². The lowest BCUT2D eigenvalue weighted by Crippen LogP contribution is -2.32. The monoisotopic (exact) mass is 281 g/mol. The molecule has 110 valence electrons. The highest BCUT2D eigenvalue weighted by Gasteiger charge is 2.32. The predicted octanol–water partition coefficient (Wildman–Crippen LogP) is 4.52. The maximum Gasteiger partial charge on any atom is 0.0933 e. The lowest BCUT2D eigenvalue weighted by molar-refractivity contribution is -0.00307. The first kappa shape index (κ1) is 14.3. The SMILES string of the molecule is CC1(C)CCC(NOCc2ccccc2)c2ccccc21. The Morgan fingerprint density at radius 2 is 1.76 bits per heavy atom. The van der Waals surface area contributed by atoms with E-state index in [0.29, 0.717) is 6.61 Å². The second-order valence-electron chi connectivity index (χ2n) is 6.45. The number of hydrogen-bond acceptors (Lipinski definition) is 2. The lowest BCUT2D eigenvalue weighted by atomic mass is 9.71. The van der Waals surface area contributed by atoms with Crippen molar-refractivity contribution in [1.29, 1.82) is 0 Å². The molecule has 1 unspecified atom stereocenters. The Balaban J connectivity index is 1.67. The Morgan fingerprint density at radius 3 is 2.57 bits per heavy atom. The molecule has 0 spiro atoms. The molecule has 1 N–H and O–H groups in total. The minimum atomic E-state index is 0.258. The summed E-state index contributed by atoms with van der Waals surface area (Å²) in [6, 6.07) is 19.3. The molecule has 2 nitrogen and oxygen atoms in total. The fraction of sp³-hybridized carbons (Fsp3) is 0.368. The van der Waals surface area contributed by atoms with Crippen LogP contribution in [-0.2, 0) is 16.9 Å². The first-order valence-electron chi connectivity index (χ1n) is 7.67. The Hall–Kier alpha value is -1.64. The van der Waals surface area contributed by atoms with Crippen LogP contribution in [0.25, 0.3) is 0 Å². The molecule has 2 aromatic rings. The number of benzene rings is 2. The smallest absolute Gasteiger partial charge is 0.0933 e. The molecule has 0 bridgehead atoms. The van der Waals surface area contributed by atoms with Gasteiger partial charge in [0.25, 0.3) is 0 Å². The largest absolute Gasteiger partial charge is 0.296 e. The normalized spacial score (nSPS) is 20.0. The third-order valence-corrected chi connectivity index (χ3v) is 4.43. The summed E-state index contributed by atoms with van der Waals surface area (Å²) in [7, 11) is 0. The van der Waals surface area contributed by atoms with E-state index in [1.54, 1.807) is 0 Å². The Bertz CT molecular complexity index is 592. The summed E-state index contributed by atoms with van der Waals surface area (Å²) < 4.78 is 0. The molecule has 0 radical (unpaired) electrons. The van der Waals surface area contributed by atoms with E-state index in [1.807, 2.05) is 18.2 Å². The highest BCUT2D eigenvalue weighted by atomic mass is 16.6. The van der Waals surface area contributed by atoms with Crippen LogP contribution >= 0.6 is 0 Å². The van der Waals surface area contributed by atoms with E-state index < -0.39 is 0 Å². The highest BCUT2D eigenvalue weighted by molar-refractivity contribution is 5.37. The molecule has 0 aromatic heterocycles. The van der Waals surface area contributed by atoms with E-state index in [4.69, 9.17) is 4.84 Å². The average molecular weight is 281 g/mol. The van der Waals surface area contributed by atoms with Gasteiger partial charge in [0, 0.05) is 0 Å². The number of hydroxylamine groups is 1. The molecule has 21 heavy (non-hydrogen) atoms. The van der Waals surface area contributed by atoms with E-state index in [-0.39, 0.29) is 11.5 Å². The van der Waals surface area contributed by atoms with Crippen molar-refractivity contribution in [3.05, 3.63) is 71.3 Å². The van der Waals surface area contributed by atoms with Crippen LogP contribution in [0.4, 0.5) is 0 Å². The van der Waals surface area contributed by atoms with Crippen LogP contribution < -0.4 is 5.48 Å². The molecule has 1 atom stereocenters. The van der Waals surface area contributed by atoms with Gasteiger partial charge in [0.15, 0.2) is 0 Å². The van der Waals surface area contributed by atoms with Crippen molar-refractivity contribution in [3.8, 4) is 0 Å². The summed E-state index contributed by atoms with van der Waals surface area (Å²) in [6.07, 6.45) is 2.29. The van der Waals surface area contributed by atoms with Gasteiger partial charge in [-0.05, 0) is 34.9 Å². The Kier molecular flexibility index (Phi) is 4.09. The van der Waals surface area contributed by atoms with Gasteiger partial charge >= 0.3 is 0 Å². The number of hydrogen-bond donors (Lipinski definition) is 1.